The maximum atomic E-state index is 12.2. The number of anilines is 1. The fraction of sp³-hybridized carbons (Fsp3) is 0.0588. The van der Waals surface area contributed by atoms with Crippen LogP contribution in [0.15, 0.2) is 58.5 Å². The van der Waals surface area contributed by atoms with Crippen molar-refractivity contribution in [1.82, 2.24) is 14.3 Å². The molecule has 1 amide bonds. The molecule has 0 aliphatic carbocycles. The molecule has 1 N–H and O–H groups in total. The summed E-state index contributed by atoms with van der Waals surface area (Å²) in [6.07, 6.45) is 1.78. The van der Waals surface area contributed by atoms with Crippen molar-refractivity contribution in [2.45, 2.75) is 6.42 Å². The molecule has 4 aromatic rings. The van der Waals surface area contributed by atoms with Gasteiger partial charge in [-0.05, 0) is 12.1 Å². The van der Waals surface area contributed by atoms with Crippen LogP contribution in [0.3, 0.4) is 0 Å². The maximum absolute atomic E-state index is 12.2. The Bertz CT molecular complexity index is 977. The summed E-state index contributed by atoms with van der Waals surface area (Å²) in [5, 5.41) is 5.86. The van der Waals surface area contributed by atoms with Crippen LogP contribution in [-0.2, 0) is 11.2 Å². The van der Waals surface area contributed by atoms with Gasteiger partial charge in [-0.15, -0.1) is 11.3 Å². The molecule has 0 unspecified atom stereocenters. The van der Waals surface area contributed by atoms with Crippen LogP contribution >= 0.6 is 22.9 Å². The van der Waals surface area contributed by atoms with Crippen molar-refractivity contribution < 1.29 is 9.21 Å². The standard InChI is InChI=1S/C17H12N4O2S2/c22-14(9-12-10-24-16(18-12)13-7-4-8-23-13)19-17-20-15(21-25-17)11-5-2-1-3-6-11/h1-8,10H,9H2,(H,19,20,21,22). The number of carbonyl (C=O) groups excluding carboxylic acids is 1. The average Bonchev–Trinajstić information content (AvgIpc) is 3.37. The molecule has 4 rings (SSSR count). The van der Waals surface area contributed by atoms with E-state index >= 15 is 0 Å². The lowest BCUT2D eigenvalue weighted by Gasteiger charge is -1.98. The summed E-state index contributed by atoms with van der Waals surface area (Å²) in [5.74, 6) is 1.13. The molecule has 0 spiro atoms. The Morgan fingerprint density at radius 3 is 2.80 bits per heavy atom. The number of nitrogens with zero attached hydrogens (tertiary/aromatic N) is 3. The number of thiazole rings is 1. The van der Waals surface area contributed by atoms with E-state index in [0.29, 0.717) is 22.4 Å². The number of carbonyl (C=O) groups is 1. The molecular weight excluding hydrogens is 356 g/mol. The number of hydrogen-bond donors (Lipinski definition) is 1. The van der Waals surface area contributed by atoms with Gasteiger partial charge in [-0.2, -0.15) is 9.36 Å². The first-order valence-electron chi connectivity index (χ1n) is 7.45. The highest BCUT2D eigenvalue weighted by Crippen LogP contribution is 2.24. The molecule has 3 heterocycles. The summed E-state index contributed by atoms with van der Waals surface area (Å²) in [6, 6.07) is 13.3. The molecule has 0 aliphatic heterocycles. The van der Waals surface area contributed by atoms with E-state index in [-0.39, 0.29) is 12.3 Å². The van der Waals surface area contributed by atoms with E-state index in [1.807, 2.05) is 47.8 Å². The monoisotopic (exact) mass is 368 g/mol. The zero-order valence-electron chi connectivity index (χ0n) is 12.9. The first-order valence-corrected chi connectivity index (χ1v) is 9.10. The minimum absolute atomic E-state index is 0.174. The molecule has 0 atom stereocenters. The molecule has 124 valence electrons. The van der Waals surface area contributed by atoms with E-state index in [0.717, 1.165) is 22.1 Å². The van der Waals surface area contributed by atoms with Crippen LogP contribution in [0.4, 0.5) is 5.13 Å². The topological polar surface area (TPSA) is 80.9 Å². The minimum atomic E-state index is -0.174. The Kier molecular flexibility index (Phi) is 4.36. The molecule has 25 heavy (non-hydrogen) atoms. The summed E-state index contributed by atoms with van der Waals surface area (Å²) in [4.78, 5) is 21.0. The highest BCUT2D eigenvalue weighted by Gasteiger charge is 2.13. The van der Waals surface area contributed by atoms with Crippen LogP contribution in [0.25, 0.3) is 22.2 Å². The fourth-order valence-corrected chi connectivity index (χ4v) is 3.60. The Morgan fingerprint density at radius 1 is 1.12 bits per heavy atom. The van der Waals surface area contributed by atoms with Gasteiger partial charge in [-0.1, -0.05) is 30.3 Å². The van der Waals surface area contributed by atoms with Gasteiger partial charge in [0.25, 0.3) is 0 Å². The van der Waals surface area contributed by atoms with Crippen LogP contribution in [0.2, 0.25) is 0 Å². The second kappa shape index (κ2) is 6.96. The van der Waals surface area contributed by atoms with Crippen LogP contribution in [-0.4, -0.2) is 20.2 Å². The zero-order valence-corrected chi connectivity index (χ0v) is 14.5. The predicted molar refractivity (Wildman–Crippen MR) is 97.5 cm³/mol. The number of benzene rings is 1. The summed E-state index contributed by atoms with van der Waals surface area (Å²) >= 11 is 2.61. The average molecular weight is 368 g/mol. The van der Waals surface area contributed by atoms with Crippen molar-refractivity contribution >= 4 is 33.9 Å². The van der Waals surface area contributed by atoms with Gasteiger partial charge in [-0.25, -0.2) is 4.98 Å². The Balaban J connectivity index is 1.40. The normalized spacial score (nSPS) is 10.7. The van der Waals surface area contributed by atoms with Crippen molar-refractivity contribution in [3.63, 3.8) is 0 Å². The quantitative estimate of drug-likeness (QED) is 0.573. The lowest BCUT2D eigenvalue weighted by Crippen LogP contribution is -2.14. The second-order valence-corrected chi connectivity index (χ2v) is 6.75. The highest BCUT2D eigenvalue weighted by molar-refractivity contribution is 7.13. The van der Waals surface area contributed by atoms with Gasteiger partial charge < -0.3 is 9.73 Å². The molecule has 0 saturated heterocycles. The second-order valence-electron chi connectivity index (χ2n) is 5.14. The van der Waals surface area contributed by atoms with Crippen LogP contribution in [0.5, 0.6) is 0 Å². The van der Waals surface area contributed by atoms with E-state index in [9.17, 15) is 4.79 Å². The Morgan fingerprint density at radius 2 is 2.00 bits per heavy atom. The van der Waals surface area contributed by atoms with Crippen LogP contribution in [0.1, 0.15) is 5.69 Å². The van der Waals surface area contributed by atoms with Gasteiger partial charge in [0.05, 0.1) is 18.4 Å². The summed E-state index contributed by atoms with van der Waals surface area (Å²) in [6.45, 7) is 0. The molecular formula is C17H12N4O2S2. The van der Waals surface area contributed by atoms with Crippen molar-refractivity contribution in [1.29, 1.82) is 0 Å². The van der Waals surface area contributed by atoms with Crippen LogP contribution < -0.4 is 5.32 Å². The van der Waals surface area contributed by atoms with Crippen molar-refractivity contribution in [3.05, 3.63) is 59.8 Å². The van der Waals surface area contributed by atoms with E-state index in [1.54, 1.807) is 6.26 Å². The minimum Gasteiger partial charge on any atom is -0.462 e. The fourth-order valence-electron chi connectivity index (χ4n) is 2.21. The number of furan rings is 1. The SMILES string of the molecule is O=C(Cc1csc(-c2ccco2)n1)Nc1nc(-c2ccccc2)ns1. The molecule has 6 nitrogen and oxygen atoms in total. The maximum Gasteiger partial charge on any atom is 0.232 e. The van der Waals surface area contributed by atoms with Gasteiger partial charge in [0, 0.05) is 22.5 Å². The smallest absolute Gasteiger partial charge is 0.232 e. The van der Waals surface area contributed by atoms with Crippen molar-refractivity contribution in [2.75, 3.05) is 5.32 Å². The number of hydrogen-bond acceptors (Lipinski definition) is 7. The van der Waals surface area contributed by atoms with Gasteiger partial charge in [0.1, 0.15) is 0 Å². The Labute approximate surface area is 151 Å². The van der Waals surface area contributed by atoms with E-state index in [2.05, 4.69) is 19.7 Å². The van der Waals surface area contributed by atoms with Crippen LogP contribution in [0, 0.1) is 0 Å². The number of aromatic nitrogens is 3. The Hall–Kier alpha value is -2.84. The molecule has 0 aliphatic rings. The van der Waals surface area contributed by atoms with Gasteiger partial charge in [-0.3, -0.25) is 4.79 Å². The molecule has 0 bridgehead atoms. The van der Waals surface area contributed by atoms with Crippen molar-refractivity contribution in [3.8, 4) is 22.2 Å². The molecule has 3 aromatic heterocycles. The highest BCUT2D eigenvalue weighted by atomic mass is 32.1. The lowest BCUT2D eigenvalue weighted by molar-refractivity contribution is -0.115. The van der Waals surface area contributed by atoms with Gasteiger partial charge >= 0.3 is 0 Å². The predicted octanol–water partition coefficient (Wildman–Crippen LogP) is 4.10. The summed E-state index contributed by atoms with van der Waals surface area (Å²) in [5.41, 5.74) is 1.61. The summed E-state index contributed by atoms with van der Waals surface area (Å²) in [7, 11) is 0. The first-order chi connectivity index (χ1) is 12.3. The van der Waals surface area contributed by atoms with Crippen molar-refractivity contribution in [2.24, 2.45) is 0 Å². The third-order valence-electron chi connectivity index (χ3n) is 3.33. The molecule has 0 fully saturated rings. The van der Waals surface area contributed by atoms with E-state index in [4.69, 9.17) is 4.42 Å². The third kappa shape index (κ3) is 3.65. The van der Waals surface area contributed by atoms with E-state index in [1.165, 1.54) is 11.3 Å². The molecule has 8 heteroatoms. The van der Waals surface area contributed by atoms with Gasteiger partial charge in [0.2, 0.25) is 11.0 Å². The third-order valence-corrected chi connectivity index (χ3v) is 4.87. The molecule has 1 aromatic carbocycles. The number of rotatable bonds is 5. The van der Waals surface area contributed by atoms with E-state index < -0.39 is 0 Å². The zero-order chi connectivity index (χ0) is 17.1. The van der Waals surface area contributed by atoms with Gasteiger partial charge in [0.15, 0.2) is 16.6 Å². The molecule has 0 saturated carbocycles. The molecule has 0 radical (unpaired) electrons. The summed E-state index contributed by atoms with van der Waals surface area (Å²) < 4.78 is 9.58. The first kappa shape index (κ1) is 15.7. The largest absolute Gasteiger partial charge is 0.462 e. The lowest BCUT2D eigenvalue weighted by atomic mass is 10.2. The number of nitrogens with one attached hydrogen (secondary N) is 1. The number of amides is 1.